The second kappa shape index (κ2) is 6.56. The van der Waals surface area contributed by atoms with Crippen molar-refractivity contribution in [3.05, 3.63) is 63.4 Å². The van der Waals surface area contributed by atoms with Crippen LogP contribution in [0.25, 0.3) is 10.2 Å². The van der Waals surface area contributed by atoms with Gasteiger partial charge in [0.05, 0.1) is 27.3 Å². The summed E-state index contributed by atoms with van der Waals surface area (Å²) in [5, 5.41) is -0.0283. The molecule has 3 rings (SSSR count). The van der Waals surface area contributed by atoms with E-state index in [2.05, 4.69) is 10.9 Å². The van der Waals surface area contributed by atoms with Gasteiger partial charge in [-0.25, -0.2) is 8.78 Å². The summed E-state index contributed by atoms with van der Waals surface area (Å²) in [6.07, 6.45) is 5.36. The van der Waals surface area contributed by atoms with Crippen molar-refractivity contribution in [1.82, 2.24) is 4.57 Å². The molecule has 7 heteroatoms. The average Bonchev–Trinajstić information content (AvgIpc) is 2.84. The molecule has 0 aliphatic heterocycles. The molecule has 0 aliphatic carbocycles. The molecule has 24 heavy (non-hydrogen) atoms. The average molecular weight is 363 g/mol. The maximum Gasteiger partial charge on any atom is 0.281 e. The molecule has 1 heterocycles. The van der Waals surface area contributed by atoms with Crippen LogP contribution in [0.2, 0.25) is 5.02 Å². The Balaban J connectivity index is 2.17. The normalized spacial score (nSPS) is 11.7. The van der Waals surface area contributed by atoms with Crippen LogP contribution < -0.4 is 4.80 Å². The second-order valence-electron chi connectivity index (χ2n) is 4.83. The first-order chi connectivity index (χ1) is 11.5. The van der Waals surface area contributed by atoms with Crippen molar-refractivity contribution < 1.29 is 13.6 Å². The van der Waals surface area contributed by atoms with E-state index in [9.17, 15) is 13.6 Å². The fourth-order valence-corrected chi connectivity index (χ4v) is 3.49. The van der Waals surface area contributed by atoms with Gasteiger partial charge in [0.15, 0.2) is 4.80 Å². The molecule has 0 N–H and O–H groups in total. The van der Waals surface area contributed by atoms with Gasteiger partial charge in [0.2, 0.25) is 0 Å². The third-order valence-electron chi connectivity index (χ3n) is 3.25. The Morgan fingerprint density at radius 3 is 2.67 bits per heavy atom. The topological polar surface area (TPSA) is 34.4 Å². The summed E-state index contributed by atoms with van der Waals surface area (Å²) in [5.41, 5.74) is 0.755. The number of benzene rings is 2. The standard InChI is InChI=1S/C17H9ClF2N2OS/c1-2-7-22-14-6-4-11(20)9-15(14)24-17(22)21-16(23)12-5-3-10(19)8-13(12)18/h1,3-6,8-9H,7H2. The number of hydrogen-bond donors (Lipinski definition) is 0. The van der Waals surface area contributed by atoms with Gasteiger partial charge in [-0.1, -0.05) is 28.9 Å². The number of rotatable bonds is 2. The van der Waals surface area contributed by atoms with Crippen LogP contribution >= 0.6 is 22.9 Å². The highest BCUT2D eigenvalue weighted by Gasteiger charge is 2.12. The molecule has 0 radical (unpaired) electrons. The number of hydrogen-bond acceptors (Lipinski definition) is 2. The predicted octanol–water partition coefficient (Wildman–Crippen LogP) is 4.01. The lowest BCUT2D eigenvalue weighted by atomic mass is 10.2. The van der Waals surface area contributed by atoms with E-state index in [-0.39, 0.29) is 17.1 Å². The van der Waals surface area contributed by atoms with Crippen LogP contribution in [0.4, 0.5) is 8.78 Å². The molecule has 1 amide bonds. The minimum atomic E-state index is -0.627. The van der Waals surface area contributed by atoms with E-state index >= 15 is 0 Å². The first kappa shape index (κ1) is 16.4. The maximum absolute atomic E-state index is 13.4. The van der Waals surface area contributed by atoms with Crippen LogP contribution in [0.15, 0.2) is 41.4 Å². The number of nitrogens with zero attached hydrogens (tertiary/aromatic N) is 2. The zero-order valence-electron chi connectivity index (χ0n) is 12.1. The monoisotopic (exact) mass is 362 g/mol. The molecule has 3 aromatic rings. The van der Waals surface area contributed by atoms with Gasteiger partial charge in [0.1, 0.15) is 11.6 Å². The van der Waals surface area contributed by atoms with Crippen LogP contribution in [0.3, 0.4) is 0 Å². The van der Waals surface area contributed by atoms with Gasteiger partial charge in [0.25, 0.3) is 5.91 Å². The van der Waals surface area contributed by atoms with Gasteiger partial charge < -0.3 is 4.57 Å². The molecule has 0 saturated heterocycles. The highest BCUT2D eigenvalue weighted by atomic mass is 35.5. The summed E-state index contributed by atoms with van der Waals surface area (Å²) < 4.78 is 28.7. The van der Waals surface area contributed by atoms with E-state index in [4.69, 9.17) is 18.0 Å². The number of thiazole rings is 1. The van der Waals surface area contributed by atoms with Gasteiger partial charge in [-0.2, -0.15) is 4.99 Å². The van der Waals surface area contributed by atoms with Gasteiger partial charge in [-0.05, 0) is 36.4 Å². The van der Waals surface area contributed by atoms with E-state index < -0.39 is 17.5 Å². The molecular formula is C17H9ClF2N2OS. The van der Waals surface area contributed by atoms with E-state index in [0.29, 0.717) is 15.0 Å². The SMILES string of the molecule is C#CCn1c(=NC(=O)c2ccc(F)cc2Cl)sc2cc(F)ccc21. The van der Waals surface area contributed by atoms with Crippen LogP contribution in [0.1, 0.15) is 10.4 Å². The van der Waals surface area contributed by atoms with Crippen LogP contribution in [0.5, 0.6) is 0 Å². The van der Waals surface area contributed by atoms with Crippen molar-refractivity contribution in [1.29, 1.82) is 0 Å². The van der Waals surface area contributed by atoms with Crippen molar-refractivity contribution in [2.24, 2.45) is 4.99 Å². The molecule has 0 fully saturated rings. The number of halogens is 3. The number of terminal acetylenes is 1. The molecule has 0 spiro atoms. The molecule has 1 aromatic heterocycles. The quantitative estimate of drug-likeness (QED) is 0.634. The number of carbonyl (C=O) groups is 1. The Labute approximate surface area is 144 Å². The lowest BCUT2D eigenvalue weighted by Crippen LogP contribution is -2.16. The van der Waals surface area contributed by atoms with Gasteiger partial charge >= 0.3 is 0 Å². The highest BCUT2D eigenvalue weighted by molar-refractivity contribution is 7.16. The molecule has 2 aromatic carbocycles. The summed E-state index contributed by atoms with van der Waals surface area (Å²) in [7, 11) is 0. The molecule has 3 nitrogen and oxygen atoms in total. The number of carbonyl (C=O) groups excluding carboxylic acids is 1. The Hall–Kier alpha value is -2.49. The van der Waals surface area contributed by atoms with Gasteiger partial charge in [0, 0.05) is 0 Å². The van der Waals surface area contributed by atoms with Crippen molar-refractivity contribution in [2.75, 3.05) is 0 Å². The van der Waals surface area contributed by atoms with E-state index in [1.54, 1.807) is 10.6 Å². The van der Waals surface area contributed by atoms with Crippen LogP contribution in [-0.2, 0) is 6.54 Å². The third kappa shape index (κ3) is 3.09. The van der Waals surface area contributed by atoms with Gasteiger partial charge in [-0.15, -0.1) is 6.42 Å². The first-order valence-electron chi connectivity index (χ1n) is 6.76. The zero-order chi connectivity index (χ0) is 17.3. The third-order valence-corrected chi connectivity index (χ3v) is 4.61. The Morgan fingerprint density at radius 2 is 1.96 bits per heavy atom. The number of amides is 1. The fraction of sp³-hybridized carbons (Fsp3) is 0.0588. The minimum Gasteiger partial charge on any atom is -0.305 e. The lowest BCUT2D eigenvalue weighted by Gasteiger charge is -2.01. The first-order valence-corrected chi connectivity index (χ1v) is 7.95. The Kier molecular flexibility index (Phi) is 4.47. The van der Waals surface area contributed by atoms with Crippen molar-refractivity contribution in [3.63, 3.8) is 0 Å². The van der Waals surface area contributed by atoms with E-state index in [1.807, 2.05) is 0 Å². The minimum absolute atomic E-state index is 0.0283. The Bertz CT molecular complexity index is 1060. The van der Waals surface area contributed by atoms with Crippen molar-refractivity contribution in [3.8, 4) is 12.3 Å². The summed E-state index contributed by atoms with van der Waals surface area (Å²) in [6, 6.07) is 7.67. The number of aromatic nitrogens is 1. The molecular weight excluding hydrogens is 354 g/mol. The summed E-state index contributed by atoms with van der Waals surface area (Å²) in [4.78, 5) is 16.7. The van der Waals surface area contributed by atoms with Crippen LogP contribution in [-0.4, -0.2) is 10.5 Å². The molecule has 0 saturated carbocycles. The summed E-state index contributed by atoms with van der Waals surface area (Å²) >= 11 is 7.02. The highest BCUT2D eigenvalue weighted by Crippen LogP contribution is 2.20. The van der Waals surface area contributed by atoms with E-state index in [0.717, 1.165) is 23.5 Å². The van der Waals surface area contributed by atoms with E-state index in [1.165, 1.54) is 18.2 Å². The fourth-order valence-electron chi connectivity index (χ4n) is 2.19. The second-order valence-corrected chi connectivity index (χ2v) is 6.24. The van der Waals surface area contributed by atoms with Crippen molar-refractivity contribution >= 4 is 39.1 Å². The zero-order valence-corrected chi connectivity index (χ0v) is 13.7. The maximum atomic E-state index is 13.4. The van der Waals surface area contributed by atoms with Crippen LogP contribution in [0, 0.1) is 24.0 Å². The van der Waals surface area contributed by atoms with Gasteiger partial charge in [-0.3, -0.25) is 4.79 Å². The van der Waals surface area contributed by atoms with Crippen molar-refractivity contribution in [2.45, 2.75) is 6.54 Å². The molecule has 0 aliphatic rings. The molecule has 0 bridgehead atoms. The smallest absolute Gasteiger partial charge is 0.281 e. The predicted molar refractivity (Wildman–Crippen MR) is 89.9 cm³/mol. The molecule has 0 unspecified atom stereocenters. The number of fused-ring (bicyclic) bond motifs is 1. The molecule has 0 atom stereocenters. The Morgan fingerprint density at radius 1 is 1.25 bits per heavy atom. The molecule has 120 valence electrons. The summed E-state index contributed by atoms with van der Waals surface area (Å²) in [5.74, 6) is 0.913. The largest absolute Gasteiger partial charge is 0.305 e. The lowest BCUT2D eigenvalue weighted by molar-refractivity contribution is 0.0998. The summed E-state index contributed by atoms with van der Waals surface area (Å²) in [6.45, 7) is 0.175.